The van der Waals surface area contributed by atoms with Crippen molar-refractivity contribution in [3.8, 4) is 17.2 Å². The van der Waals surface area contributed by atoms with Crippen molar-refractivity contribution in [1.29, 1.82) is 0 Å². The van der Waals surface area contributed by atoms with Crippen LogP contribution in [0.4, 0.5) is 5.69 Å². The lowest BCUT2D eigenvalue weighted by atomic mass is 10.2. The topological polar surface area (TPSA) is 78.3 Å². The number of methoxy groups -OCH3 is 2. The summed E-state index contributed by atoms with van der Waals surface area (Å²) in [5.41, 5.74) is 1.58. The maximum atomic E-state index is 12.6. The third-order valence-electron chi connectivity index (χ3n) is 4.63. The van der Waals surface area contributed by atoms with E-state index in [0.717, 1.165) is 24.4 Å². The average Bonchev–Trinajstić information content (AvgIpc) is 3.52. The lowest BCUT2D eigenvalue weighted by molar-refractivity contribution is -0.113. The number of anilines is 1. The molecule has 4 rings (SSSR count). The van der Waals surface area contributed by atoms with Gasteiger partial charge in [-0.05, 0) is 37.1 Å². The van der Waals surface area contributed by atoms with Gasteiger partial charge in [0.25, 0.3) is 0 Å². The number of nitrogens with one attached hydrogen (secondary N) is 1. The van der Waals surface area contributed by atoms with E-state index in [9.17, 15) is 4.79 Å². The van der Waals surface area contributed by atoms with Crippen molar-refractivity contribution < 1.29 is 14.3 Å². The number of ether oxygens (including phenoxy) is 2. The van der Waals surface area contributed by atoms with Gasteiger partial charge in [-0.3, -0.25) is 9.36 Å². The number of amides is 1. The highest BCUT2D eigenvalue weighted by Crippen LogP contribution is 2.41. The smallest absolute Gasteiger partial charge is 0.234 e. The summed E-state index contributed by atoms with van der Waals surface area (Å²) in [5.74, 6) is 2.69. The van der Waals surface area contributed by atoms with E-state index in [1.165, 1.54) is 11.8 Å². The van der Waals surface area contributed by atoms with Gasteiger partial charge in [0.1, 0.15) is 17.3 Å². The van der Waals surface area contributed by atoms with Crippen LogP contribution in [0.1, 0.15) is 24.6 Å². The Hall–Kier alpha value is -3.00. The molecule has 0 saturated heterocycles. The minimum atomic E-state index is -0.155. The van der Waals surface area contributed by atoms with Gasteiger partial charge >= 0.3 is 0 Å². The van der Waals surface area contributed by atoms with Crippen LogP contribution in [0.3, 0.4) is 0 Å². The predicted molar refractivity (Wildman–Crippen MR) is 112 cm³/mol. The van der Waals surface area contributed by atoms with Crippen LogP contribution in [0.25, 0.3) is 5.69 Å². The molecule has 2 aromatic carbocycles. The van der Waals surface area contributed by atoms with Crippen LogP contribution >= 0.6 is 11.8 Å². The first-order valence-electron chi connectivity index (χ1n) is 9.35. The number of rotatable bonds is 8. The van der Waals surface area contributed by atoms with Gasteiger partial charge in [0.15, 0.2) is 5.16 Å². The standard InChI is InChI=1S/C21H22N4O3S/c1-27-16-10-11-18(28-2)17(12-16)22-19(26)13-29-21-24-23-20(14-8-9-14)25(21)15-6-4-3-5-7-15/h3-7,10-12,14H,8-9,13H2,1-2H3,(H,22,26). The number of benzene rings is 2. The van der Waals surface area contributed by atoms with Crippen LogP contribution in [-0.2, 0) is 4.79 Å². The number of thioether (sulfide) groups is 1. The van der Waals surface area contributed by atoms with Gasteiger partial charge in [0.2, 0.25) is 5.91 Å². The Labute approximate surface area is 173 Å². The van der Waals surface area contributed by atoms with Crippen LogP contribution in [0, 0.1) is 0 Å². The maximum Gasteiger partial charge on any atom is 0.234 e. The molecule has 0 aliphatic heterocycles. The number of aromatic nitrogens is 3. The Bertz CT molecular complexity index is 1000. The van der Waals surface area contributed by atoms with Crippen molar-refractivity contribution in [2.24, 2.45) is 0 Å². The van der Waals surface area contributed by atoms with Crippen LogP contribution in [0.2, 0.25) is 0 Å². The lowest BCUT2D eigenvalue weighted by Gasteiger charge is -2.12. The summed E-state index contributed by atoms with van der Waals surface area (Å²) in [4.78, 5) is 12.6. The summed E-state index contributed by atoms with van der Waals surface area (Å²) >= 11 is 1.36. The summed E-state index contributed by atoms with van der Waals surface area (Å²) < 4.78 is 12.6. The number of nitrogens with zero attached hydrogens (tertiary/aromatic N) is 3. The van der Waals surface area contributed by atoms with Crippen LogP contribution in [0.15, 0.2) is 53.7 Å². The highest BCUT2D eigenvalue weighted by Gasteiger charge is 2.31. The Kier molecular flexibility index (Phi) is 5.71. The Morgan fingerprint density at radius 3 is 2.62 bits per heavy atom. The highest BCUT2D eigenvalue weighted by molar-refractivity contribution is 7.99. The van der Waals surface area contributed by atoms with Crippen molar-refractivity contribution >= 4 is 23.4 Å². The molecule has 1 amide bonds. The lowest BCUT2D eigenvalue weighted by Crippen LogP contribution is -2.15. The van der Waals surface area contributed by atoms with Gasteiger partial charge < -0.3 is 14.8 Å². The predicted octanol–water partition coefficient (Wildman–Crippen LogP) is 3.89. The molecule has 7 nitrogen and oxygen atoms in total. The van der Waals surface area contributed by atoms with Crippen LogP contribution < -0.4 is 14.8 Å². The largest absolute Gasteiger partial charge is 0.497 e. The molecule has 1 N–H and O–H groups in total. The molecule has 0 spiro atoms. The summed E-state index contributed by atoms with van der Waals surface area (Å²) in [6.07, 6.45) is 2.26. The second kappa shape index (κ2) is 8.57. The zero-order chi connectivity index (χ0) is 20.2. The van der Waals surface area contributed by atoms with Crippen molar-refractivity contribution in [1.82, 2.24) is 14.8 Å². The van der Waals surface area contributed by atoms with E-state index < -0.39 is 0 Å². The van der Waals surface area contributed by atoms with Gasteiger partial charge in [-0.1, -0.05) is 30.0 Å². The van der Waals surface area contributed by atoms with Gasteiger partial charge in [-0.25, -0.2) is 0 Å². The Balaban J connectivity index is 1.49. The molecule has 1 aromatic heterocycles. The molecule has 8 heteroatoms. The van der Waals surface area contributed by atoms with Crippen molar-refractivity contribution in [3.63, 3.8) is 0 Å². The first kappa shape index (κ1) is 19.3. The molecule has 1 aliphatic carbocycles. The van der Waals surface area contributed by atoms with E-state index in [0.29, 0.717) is 28.3 Å². The summed E-state index contributed by atoms with van der Waals surface area (Å²) in [5, 5.41) is 12.3. The number of hydrogen-bond acceptors (Lipinski definition) is 6. The third-order valence-corrected chi connectivity index (χ3v) is 5.56. The molecule has 3 aromatic rings. The minimum absolute atomic E-state index is 0.155. The van der Waals surface area contributed by atoms with Crippen molar-refractivity contribution in [3.05, 3.63) is 54.4 Å². The zero-order valence-corrected chi connectivity index (χ0v) is 17.1. The van der Waals surface area contributed by atoms with E-state index >= 15 is 0 Å². The van der Waals surface area contributed by atoms with Crippen LogP contribution in [0.5, 0.6) is 11.5 Å². The number of carbonyl (C=O) groups is 1. The first-order chi connectivity index (χ1) is 14.2. The monoisotopic (exact) mass is 410 g/mol. The molecule has 0 unspecified atom stereocenters. The summed E-state index contributed by atoms with van der Waals surface area (Å²) in [6, 6.07) is 15.3. The average molecular weight is 410 g/mol. The molecule has 1 heterocycles. The van der Waals surface area contributed by atoms with E-state index in [4.69, 9.17) is 9.47 Å². The first-order valence-corrected chi connectivity index (χ1v) is 10.3. The van der Waals surface area contributed by atoms with E-state index in [1.54, 1.807) is 32.4 Å². The molecular formula is C21H22N4O3S. The van der Waals surface area contributed by atoms with Crippen molar-refractivity contribution in [2.45, 2.75) is 23.9 Å². The highest BCUT2D eigenvalue weighted by atomic mass is 32.2. The molecule has 0 radical (unpaired) electrons. The van der Waals surface area contributed by atoms with Crippen LogP contribution in [-0.4, -0.2) is 40.6 Å². The molecule has 29 heavy (non-hydrogen) atoms. The normalized spacial score (nSPS) is 13.2. The molecule has 1 saturated carbocycles. The number of hydrogen-bond donors (Lipinski definition) is 1. The van der Waals surface area contributed by atoms with Crippen molar-refractivity contribution in [2.75, 3.05) is 25.3 Å². The number of para-hydroxylation sites is 1. The molecule has 0 bridgehead atoms. The molecule has 1 fully saturated rings. The summed E-state index contributed by atoms with van der Waals surface area (Å²) in [7, 11) is 3.14. The molecular weight excluding hydrogens is 388 g/mol. The van der Waals surface area contributed by atoms with Gasteiger partial charge in [-0.15, -0.1) is 10.2 Å². The van der Waals surface area contributed by atoms with Gasteiger partial charge in [0, 0.05) is 17.7 Å². The van der Waals surface area contributed by atoms with Gasteiger partial charge in [-0.2, -0.15) is 0 Å². The molecule has 150 valence electrons. The number of carbonyl (C=O) groups excluding carboxylic acids is 1. The molecule has 1 aliphatic rings. The molecule has 0 atom stereocenters. The Morgan fingerprint density at radius 2 is 1.93 bits per heavy atom. The fourth-order valence-corrected chi connectivity index (χ4v) is 3.79. The zero-order valence-electron chi connectivity index (χ0n) is 16.3. The second-order valence-electron chi connectivity index (χ2n) is 6.69. The van der Waals surface area contributed by atoms with Gasteiger partial charge in [0.05, 0.1) is 25.7 Å². The maximum absolute atomic E-state index is 12.6. The quantitative estimate of drug-likeness (QED) is 0.568. The summed E-state index contributed by atoms with van der Waals surface area (Å²) in [6.45, 7) is 0. The Morgan fingerprint density at radius 1 is 1.14 bits per heavy atom. The minimum Gasteiger partial charge on any atom is -0.497 e. The second-order valence-corrected chi connectivity index (χ2v) is 7.63. The SMILES string of the molecule is COc1ccc(OC)c(NC(=O)CSc2nnc(C3CC3)n2-c2ccccc2)c1. The third kappa shape index (κ3) is 4.37. The van der Waals surface area contributed by atoms with E-state index in [1.807, 2.05) is 30.3 Å². The fraction of sp³-hybridized carbons (Fsp3) is 0.286. The van der Waals surface area contributed by atoms with E-state index in [-0.39, 0.29) is 11.7 Å². The van der Waals surface area contributed by atoms with E-state index in [2.05, 4.69) is 20.1 Å². The fourth-order valence-electron chi connectivity index (χ4n) is 3.03.